The summed E-state index contributed by atoms with van der Waals surface area (Å²) in [5.74, 6) is 0.874. The van der Waals surface area contributed by atoms with Gasteiger partial charge in [0.2, 0.25) is 0 Å². The van der Waals surface area contributed by atoms with Gasteiger partial charge in [-0.1, -0.05) is 40.0 Å². The summed E-state index contributed by atoms with van der Waals surface area (Å²) < 4.78 is 0. The van der Waals surface area contributed by atoms with Gasteiger partial charge < -0.3 is 0 Å². The molecule has 14 heavy (non-hydrogen) atoms. The number of hydrogen-bond acceptors (Lipinski definition) is 1. The minimum absolute atomic E-state index is 0.267. The summed E-state index contributed by atoms with van der Waals surface area (Å²) in [5.41, 5.74) is 0.267. The third-order valence-corrected chi connectivity index (χ3v) is 3.67. The Morgan fingerprint density at radius 2 is 2.07 bits per heavy atom. The molecule has 0 aromatic carbocycles. The molecule has 0 heterocycles. The molecule has 1 saturated carbocycles. The van der Waals surface area contributed by atoms with Crippen LogP contribution in [0.1, 0.15) is 65.7 Å². The summed E-state index contributed by atoms with van der Waals surface area (Å²) in [7, 11) is 0. The Morgan fingerprint density at radius 1 is 1.36 bits per heavy atom. The second-order valence-electron chi connectivity index (χ2n) is 5.36. The Morgan fingerprint density at radius 3 is 2.64 bits per heavy atom. The molecule has 1 aliphatic rings. The molecule has 0 aromatic heterocycles. The van der Waals surface area contributed by atoms with Gasteiger partial charge in [0.25, 0.3) is 0 Å². The molecule has 1 heteroatoms. The fourth-order valence-electron chi connectivity index (χ4n) is 2.62. The van der Waals surface area contributed by atoms with Gasteiger partial charge in [-0.2, -0.15) is 0 Å². The van der Waals surface area contributed by atoms with E-state index < -0.39 is 0 Å². The van der Waals surface area contributed by atoms with E-state index in [1.807, 2.05) is 0 Å². The zero-order valence-corrected chi connectivity index (χ0v) is 9.94. The van der Waals surface area contributed by atoms with Gasteiger partial charge >= 0.3 is 0 Å². The van der Waals surface area contributed by atoms with Crippen LogP contribution in [-0.2, 0) is 4.79 Å². The van der Waals surface area contributed by atoms with Gasteiger partial charge in [-0.15, -0.1) is 0 Å². The van der Waals surface area contributed by atoms with E-state index >= 15 is 0 Å². The molecule has 1 rings (SSSR count). The van der Waals surface area contributed by atoms with Gasteiger partial charge in [0.05, 0.1) is 0 Å². The molecule has 0 N–H and O–H groups in total. The van der Waals surface area contributed by atoms with Crippen LogP contribution in [0.2, 0.25) is 0 Å². The van der Waals surface area contributed by atoms with Crippen molar-refractivity contribution in [2.45, 2.75) is 65.7 Å². The van der Waals surface area contributed by atoms with Gasteiger partial charge in [-0.25, -0.2) is 0 Å². The second kappa shape index (κ2) is 4.95. The van der Waals surface area contributed by atoms with Crippen LogP contribution < -0.4 is 0 Å². The average molecular weight is 196 g/mol. The van der Waals surface area contributed by atoms with Crippen LogP contribution in [0.4, 0.5) is 0 Å². The summed E-state index contributed by atoms with van der Waals surface area (Å²) in [5, 5.41) is 0. The Bertz CT molecular complexity index is 193. The van der Waals surface area contributed by atoms with Crippen LogP contribution in [0.15, 0.2) is 0 Å². The molecule has 1 nitrogen and oxygen atoms in total. The molecular weight excluding hydrogens is 172 g/mol. The highest BCUT2D eigenvalue weighted by Crippen LogP contribution is 2.41. The smallest absolute Gasteiger partial charge is 0.136 e. The standard InChI is InChI=1S/C13H24O/c1-4-5-9-12(14)11-8-6-7-10-13(11,2)3/h11H,4-10H2,1-3H3. The van der Waals surface area contributed by atoms with Crippen LogP contribution in [0, 0.1) is 11.3 Å². The van der Waals surface area contributed by atoms with E-state index in [-0.39, 0.29) is 5.41 Å². The molecule has 0 spiro atoms. The van der Waals surface area contributed by atoms with Crippen LogP contribution in [-0.4, -0.2) is 5.78 Å². The lowest BCUT2D eigenvalue weighted by Crippen LogP contribution is -2.33. The van der Waals surface area contributed by atoms with E-state index in [1.54, 1.807) is 0 Å². The highest BCUT2D eigenvalue weighted by Gasteiger charge is 2.36. The highest BCUT2D eigenvalue weighted by molar-refractivity contribution is 5.81. The predicted molar refractivity (Wildman–Crippen MR) is 60.3 cm³/mol. The fourth-order valence-corrected chi connectivity index (χ4v) is 2.62. The molecule has 0 saturated heterocycles. The van der Waals surface area contributed by atoms with E-state index in [4.69, 9.17) is 0 Å². The predicted octanol–water partition coefficient (Wildman–Crippen LogP) is 3.96. The summed E-state index contributed by atoms with van der Waals surface area (Å²) in [6, 6.07) is 0. The Labute approximate surface area is 88.3 Å². The zero-order valence-electron chi connectivity index (χ0n) is 9.94. The van der Waals surface area contributed by atoms with Gasteiger partial charge in [0, 0.05) is 12.3 Å². The van der Waals surface area contributed by atoms with Crippen LogP contribution in [0.3, 0.4) is 0 Å². The topological polar surface area (TPSA) is 17.1 Å². The van der Waals surface area contributed by atoms with Crippen molar-refractivity contribution in [1.82, 2.24) is 0 Å². The van der Waals surface area contributed by atoms with Crippen molar-refractivity contribution in [3.05, 3.63) is 0 Å². The first-order chi connectivity index (χ1) is 6.58. The Kier molecular flexibility index (Phi) is 4.15. The molecule has 1 atom stereocenters. The first-order valence-electron chi connectivity index (χ1n) is 6.10. The maximum Gasteiger partial charge on any atom is 0.136 e. The van der Waals surface area contributed by atoms with E-state index in [0.29, 0.717) is 11.7 Å². The number of Topliss-reactive ketones (excluding diaryl/α,β-unsaturated/α-hetero) is 1. The van der Waals surface area contributed by atoms with Gasteiger partial charge in [-0.3, -0.25) is 4.79 Å². The average Bonchev–Trinajstić information content (AvgIpc) is 2.13. The lowest BCUT2D eigenvalue weighted by atomic mass is 9.66. The number of ketones is 1. The van der Waals surface area contributed by atoms with Crippen molar-refractivity contribution < 1.29 is 4.79 Å². The highest BCUT2D eigenvalue weighted by atomic mass is 16.1. The molecule has 0 aromatic rings. The van der Waals surface area contributed by atoms with Crippen molar-refractivity contribution in [3.63, 3.8) is 0 Å². The van der Waals surface area contributed by atoms with Crippen molar-refractivity contribution in [3.8, 4) is 0 Å². The maximum atomic E-state index is 12.0. The molecule has 1 fully saturated rings. The molecular formula is C13H24O. The number of carbonyl (C=O) groups excluding carboxylic acids is 1. The normalized spacial score (nSPS) is 26.1. The molecule has 1 unspecified atom stereocenters. The van der Waals surface area contributed by atoms with Crippen molar-refractivity contribution in [2.75, 3.05) is 0 Å². The van der Waals surface area contributed by atoms with Gasteiger partial charge in [0.15, 0.2) is 0 Å². The number of hydrogen-bond donors (Lipinski definition) is 0. The number of rotatable bonds is 4. The van der Waals surface area contributed by atoms with Crippen LogP contribution in [0.5, 0.6) is 0 Å². The lowest BCUT2D eigenvalue weighted by Gasteiger charge is -2.37. The number of carbonyl (C=O) groups is 1. The quantitative estimate of drug-likeness (QED) is 0.665. The minimum Gasteiger partial charge on any atom is -0.299 e. The molecule has 82 valence electrons. The first-order valence-corrected chi connectivity index (χ1v) is 6.10. The Hall–Kier alpha value is -0.330. The molecule has 0 amide bonds. The summed E-state index contributed by atoms with van der Waals surface area (Å²) in [6.45, 7) is 6.68. The summed E-state index contributed by atoms with van der Waals surface area (Å²) in [6.07, 6.45) is 7.95. The number of unbranched alkanes of at least 4 members (excludes halogenated alkanes) is 1. The monoisotopic (exact) mass is 196 g/mol. The molecule has 0 radical (unpaired) electrons. The third-order valence-electron chi connectivity index (χ3n) is 3.67. The zero-order chi connectivity index (χ0) is 10.6. The van der Waals surface area contributed by atoms with Crippen LogP contribution >= 0.6 is 0 Å². The minimum atomic E-state index is 0.267. The lowest BCUT2D eigenvalue weighted by molar-refractivity contribution is -0.128. The molecule has 0 bridgehead atoms. The van der Waals surface area contributed by atoms with E-state index in [1.165, 1.54) is 19.3 Å². The van der Waals surface area contributed by atoms with Gasteiger partial charge in [-0.05, 0) is 24.7 Å². The van der Waals surface area contributed by atoms with Crippen molar-refractivity contribution in [2.24, 2.45) is 11.3 Å². The fraction of sp³-hybridized carbons (Fsp3) is 0.923. The first kappa shape index (κ1) is 11.7. The van der Waals surface area contributed by atoms with Crippen molar-refractivity contribution >= 4 is 5.78 Å². The van der Waals surface area contributed by atoms with Crippen molar-refractivity contribution in [1.29, 1.82) is 0 Å². The molecule has 0 aliphatic heterocycles. The van der Waals surface area contributed by atoms with E-state index in [2.05, 4.69) is 20.8 Å². The largest absolute Gasteiger partial charge is 0.299 e. The maximum absolute atomic E-state index is 12.0. The Balaban J connectivity index is 2.51. The summed E-state index contributed by atoms with van der Waals surface area (Å²) in [4.78, 5) is 12.0. The van der Waals surface area contributed by atoms with E-state index in [0.717, 1.165) is 25.7 Å². The molecule has 1 aliphatic carbocycles. The van der Waals surface area contributed by atoms with Gasteiger partial charge in [0.1, 0.15) is 5.78 Å². The third kappa shape index (κ3) is 2.83. The summed E-state index contributed by atoms with van der Waals surface area (Å²) >= 11 is 0. The van der Waals surface area contributed by atoms with Crippen LogP contribution in [0.25, 0.3) is 0 Å². The van der Waals surface area contributed by atoms with E-state index in [9.17, 15) is 4.79 Å². The SMILES string of the molecule is CCCCC(=O)C1CCCCC1(C)C. The second-order valence-corrected chi connectivity index (χ2v) is 5.36.